The largest absolute Gasteiger partial charge is 0.495 e. The van der Waals surface area contributed by atoms with E-state index in [4.69, 9.17) is 9.29 Å². The maximum atomic E-state index is 11.0. The summed E-state index contributed by atoms with van der Waals surface area (Å²) in [7, 11) is -2.97. The van der Waals surface area contributed by atoms with Crippen LogP contribution in [0.2, 0.25) is 0 Å². The summed E-state index contributed by atoms with van der Waals surface area (Å²) in [5.74, 6) is 0.158. The summed E-state index contributed by atoms with van der Waals surface area (Å²) in [6.07, 6.45) is 0.449. The number of rotatable bonds is 4. The number of amides is 1. The minimum Gasteiger partial charge on any atom is -0.495 e. The van der Waals surface area contributed by atoms with Gasteiger partial charge in [0.15, 0.2) is 0 Å². The van der Waals surface area contributed by atoms with Crippen LogP contribution >= 0.6 is 0 Å². The first-order valence-electron chi connectivity index (χ1n) is 4.26. The summed E-state index contributed by atoms with van der Waals surface area (Å²) in [5.41, 5.74) is 0.648. The number of hydrogen-bond donors (Lipinski definition) is 2. The molecule has 0 fully saturated rings. The number of methoxy groups -OCH3 is 1. The molecule has 0 heterocycles. The fourth-order valence-corrected chi connectivity index (χ4v) is 2.01. The fraction of sp³-hybridized carbons (Fsp3) is 0.222. The minimum absolute atomic E-state index is 0.158. The second-order valence-electron chi connectivity index (χ2n) is 3.06. The van der Waals surface area contributed by atoms with Crippen molar-refractivity contribution in [1.82, 2.24) is 0 Å². The Morgan fingerprint density at radius 3 is 2.50 bits per heavy atom. The number of hydrogen-bond acceptors (Lipinski definition) is 4. The van der Waals surface area contributed by atoms with Crippen LogP contribution in [-0.4, -0.2) is 26.5 Å². The SMILES string of the molecule is COc1cc(S(=O)(=O)O)c(C)cc1NC=O. The standard InChI is InChI=1S/C9H11NO5S/c1-6-3-7(10-5-11)8(15-2)4-9(6)16(12,13)14/h3-5H,1-2H3,(H,10,11)(H,12,13,14). The second-order valence-corrected chi connectivity index (χ2v) is 4.45. The highest BCUT2D eigenvalue weighted by Crippen LogP contribution is 2.30. The van der Waals surface area contributed by atoms with E-state index in [2.05, 4.69) is 5.32 Å². The van der Waals surface area contributed by atoms with Crippen molar-refractivity contribution in [2.75, 3.05) is 12.4 Å². The zero-order chi connectivity index (χ0) is 12.3. The van der Waals surface area contributed by atoms with Gasteiger partial charge in [0.2, 0.25) is 6.41 Å². The van der Waals surface area contributed by atoms with Crippen LogP contribution in [-0.2, 0) is 14.9 Å². The number of aryl methyl sites for hydroxylation is 1. The van der Waals surface area contributed by atoms with E-state index < -0.39 is 10.1 Å². The summed E-state index contributed by atoms with van der Waals surface area (Å²) in [6.45, 7) is 1.50. The second kappa shape index (κ2) is 4.50. The molecule has 2 N–H and O–H groups in total. The molecule has 0 bridgehead atoms. The van der Waals surface area contributed by atoms with E-state index in [0.717, 1.165) is 6.07 Å². The van der Waals surface area contributed by atoms with E-state index in [9.17, 15) is 13.2 Å². The Balaban J connectivity index is 3.42. The molecule has 0 atom stereocenters. The predicted octanol–water partition coefficient (Wildman–Crippen LogP) is 0.819. The van der Waals surface area contributed by atoms with Crippen LogP contribution < -0.4 is 10.1 Å². The van der Waals surface area contributed by atoms with Crippen LogP contribution in [0.25, 0.3) is 0 Å². The van der Waals surface area contributed by atoms with Gasteiger partial charge in [-0.05, 0) is 18.6 Å². The molecule has 0 aliphatic carbocycles. The van der Waals surface area contributed by atoms with Crippen LogP contribution in [0.3, 0.4) is 0 Å². The topological polar surface area (TPSA) is 92.7 Å². The molecule has 7 heteroatoms. The van der Waals surface area contributed by atoms with Gasteiger partial charge >= 0.3 is 0 Å². The van der Waals surface area contributed by atoms with Gasteiger partial charge in [0.05, 0.1) is 12.8 Å². The molecule has 0 saturated heterocycles. The van der Waals surface area contributed by atoms with Crippen molar-refractivity contribution in [3.63, 3.8) is 0 Å². The fourth-order valence-electron chi connectivity index (χ4n) is 1.29. The molecule has 0 unspecified atom stereocenters. The van der Waals surface area contributed by atoms with E-state index in [0.29, 0.717) is 17.7 Å². The molecule has 1 rings (SSSR count). The minimum atomic E-state index is -4.29. The highest BCUT2D eigenvalue weighted by atomic mass is 32.2. The van der Waals surface area contributed by atoms with Gasteiger partial charge in [-0.25, -0.2) is 0 Å². The normalized spacial score (nSPS) is 10.9. The lowest BCUT2D eigenvalue weighted by Gasteiger charge is -2.10. The Hall–Kier alpha value is -1.60. The van der Waals surface area contributed by atoms with Crippen molar-refractivity contribution in [3.8, 4) is 5.75 Å². The van der Waals surface area contributed by atoms with Crippen molar-refractivity contribution in [2.24, 2.45) is 0 Å². The van der Waals surface area contributed by atoms with Crippen molar-refractivity contribution >= 4 is 22.2 Å². The molecule has 6 nitrogen and oxygen atoms in total. The van der Waals surface area contributed by atoms with Crippen LogP contribution in [0.5, 0.6) is 5.75 Å². The summed E-state index contributed by atoms with van der Waals surface area (Å²) in [6, 6.07) is 2.55. The van der Waals surface area contributed by atoms with Gasteiger partial charge in [-0.3, -0.25) is 9.35 Å². The molecule has 1 aromatic carbocycles. The van der Waals surface area contributed by atoms with Crippen molar-refractivity contribution in [2.45, 2.75) is 11.8 Å². The Bertz CT molecular complexity index is 509. The molecule has 1 aromatic rings. The number of anilines is 1. The Kier molecular flexibility index (Phi) is 3.51. The number of nitrogens with one attached hydrogen (secondary N) is 1. The molecule has 0 saturated carbocycles. The number of benzene rings is 1. The van der Waals surface area contributed by atoms with Crippen LogP contribution in [0.1, 0.15) is 5.56 Å². The van der Waals surface area contributed by atoms with Gasteiger partial charge in [-0.15, -0.1) is 0 Å². The Morgan fingerprint density at radius 2 is 2.06 bits per heavy atom. The quantitative estimate of drug-likeness (QED) is 0.605. The molecule has 16 heavy (non-hydrogen) atoms. The van der Waals surface area contributed by atoms with Crippen molar-refractivity contribution in [1.29, 1.82) is 0 Å². The lowest BCUT2D eigenvalue weighted by Crippen LogP contribution is -2.04. The van der Waals surface area contributed by atoms with Gasteiger partial charge in [0, 0.05) is 6.07 Å². The van der Waals surface area contributed by atoms with Crippen LogP contribution in [0, 0.1) is 6.92 Å². The first kappa shape index (κ1) is 12.5. The lowest BCUT2D eigenvalue weighted by molar-refractivity contribution is -0.105. The summed E-state index contributed by atoms with van der Waals surface area (Å²) in [5, 5.41) is 2.36. The molecule has 88 valence electrons. The van der Waals surface area contributed by atoms with E-state index in [1.807, 2.05) is 0 Å². The third-order valence-electron chi connectivity index (χ3n) is 1.99. The summed E-state index contributed by atoms with van der Waals surface area (Å²) in [4.78, 5) is 10.1. The average Bonchev–Trinajstić information content (AvgIpc) is 2.16. The Morgan fingerprint density at radius 1 is 1.44 bits per heavy atom. The molecule has 0 aliphatic heterocycles. The van der Waals surface area contributed by atoms with E-state index in [1.54, 1.807) is 0 Å². The van der Waals surface area contributed by atoms with Gasteiger partial charge < -0.3 is 10.1 Å². The predicted molar refractivity (Wildman–Crippen MR) is 57.2 cm³/mol. The smallest absolute Gasteiger partial charge is 0.294 e. The van der Waals surface area contributed by atoms with Gasteiger partial charge in [-0.1, -0.05) is 0 Å². The van der Waals surface area contributed by atoms with Gasteiger partial charge in [0.1, 0.15) is 10.6 Å². The van der Waals surface area contributed by atoms with Crippen molar-refractivity contribution < 1.29 is 22.5 Å². The maximum absolute atomic E-state index is 11.0. The third kappa shape index (κ3) is 2.50. The van der Waals surface area contributed by atoms with Crippen LogP contribution in [0.15, 0.2) is 17.0 Å². The van der Waals surface area contributed by atoms with E-state index in [-0.39, 0.29) is 10.6 Å². The Labute approximate surface area is 93.0 Å². The summed E-state index contributed by atoms with van der Waals surface area (Å²) < 4.78 is 35.8. The molecule has 0 spiro atoms. The zero-order valence-electron chi connectivity index (χ0n) is 8.72. The summed E-state index contributed by atoms with van der Waals surface area (Å²) >= 11 is 0. The maximum Gasteiger partial charge on any atom is 0.294 e. The molecular weight excluding hydrogens is 234 g/mol. The molecule has 0 aromatic heterocycles. The van der Waals surface area contributed by atoms with Gasteiger partial charge in [-0.2, -0.15) is 8.42 Å². The highest BCUT2D eigenvalue weighted by molar-refractivity contribution is 7.85. The lowest BCUT2D eigenvalue weighted by atomic mass is 10.2. The average molecular weight is 245 g/mol. The number of carbonyl (C=O) groups is 1. The van der Waals surface area contributed by atoms with Crippen molar-refractivity contribution in [3.05, 3.63) is 17.7 Å². The third-order valence-corrected chi connectivity index (χ3v) is 2.99. The van der Waals surface area contributed by atoms with Crippen LogP contribution in [0.4, 0.5) is 5.69 Å². The molecule has 0 aliphatic rings. The molecular formula is C9H11NO5S. The zero-order valence-corrected chi connectivity index (χ0v) is 9.54. The van der Waals surface area contributed by atoms with E-state index >= 15 is 0 Å². The molecule has 1 amide bonds. The first-order valence-corrected chi connectivity index (χ1v) is 5.70. The monoisotopic (exact) mass is 245 g/mol. The van der Waals surface area contributed by atoms with E-state index in [1.165, 1.54) is 20.1 Å². The van der Waals surface area contributed by atoms with Gasteiger partial charge in [0.25, 0.3) is 10.1 Å². The number of ether oxygens (including phenoxy) is 1. The molecule has 0 radical (unpaired) electrons. The highest BCUT2D eigenvalue weighted by Gasteiger charge is 2.16. The number of carbonyl (C=O) groups excluding carboxylic acids is 1. The first-order chi connectivity index (χ1) is 7.40.